The zero-order valence-electron chi connectivity index (χ0n) is 17.6. The lowest BCUT2D eigenvalue weighted by Crippen LogP contribution is -2.43. The van der Waals surface area contributed by atoms with E-state index in [0.29, 0.717) is 6.61 Å². The minimum atomic E-state index is -0.374. The van der Waals surface area contributed by atoms with Gasteiger partial charge in [0.25, 0.3) is 0 Å². The Bertz CT molecular complexity index is 1020. The number of cyclic esters (lactones) is 1. The van der Waals surface area contributed by atoms with Crippen molar-refractivity contribution in [1.29, 1.82) is 0 Å². The molecule has 160 valence electrons. The Labute approximate surface area is 182 Å². The number of hydrogen-bond acceptors (Lipinski definition) is 4. The summed E-state index contributed by atoms with van der Waals surface area (Å²) < 4.78 is 5.11. The van der Waals surface area contributed by atoms with Crippen LogP contribution in [-0.4, -0.2) is 34.1 Å². The molecule has 3 aromatic rings. The molecule has 1 aromatic heterocycles. The maximum atomic E-state index is 11.4. The van der Waals surface area contributed by atoms with Gasteiger partial charge in [-0.25, -0.2) is 9.78 Å². The van der Waals surface area contributed by atoms with Crippen LogP contribution in [0.3, 0.4) is 0 Å². The largest absolute Gasteiger partial charge is 0.444 e. The number of fused-ring (bicyclic) bond motifs is 1. The molecule has 0 unspecified atom stereocenters. The molecule has 2 aliphatic rings. The topological polar surface area (TPSA) is 70.2 Å². The number of rotatable bonds is 6. The third kappa shape index (κ3) is 4.35. The molecule has 0 radical (unpaired) electrons. The quantitative estimate of drug-likeness (QED) is 0.614. The lowest BCUT2D eigenvalue weighted by Gasteiger charge is -2.41. The van der Waals surface area contributed by atoms with E-state index in [0.717, 1.165) is 62.4 Å². The molecular weight excluding hydrogens is 388 g/mol. The fraction of sp³-hybridized carbons (Fsp3) is 0.360. The summed E-state index contributed by atoms with van der Waals surface area (Å²) in [5.74, 6) is 1.13. The van der Waals surface area contributed by atoms with Gasteiger partial charge < -0.3 is 9.72 Å². The number of H-pyrrole nitrogens is 1. The average molecular weight is 417 g/mol. The van der Waals surface area contributed by atoms with Gasteiger partial charge >= 0.3 is 6.09 Å². The first-order valence-corrected chi connectivity index (χ1v) is 11.0. The fourth-order valence-corrected chi connectivity index (χ4v) is 4.86. The van der Waals surface area contributed by atoms with E-state index in [9.17, 15) is 4.79 Å². The first kappa shape index (κ1) is 19.8. The molecular formula is C25H28N4O2. The van der Waals surface area contributed by atoms with Crippen molar-refractivity contribution in [3.8, 4) is 0 Å². The lowest BCUT2D eigenvalue weighted by atomic mass is 9.73. The third-order valence-electron chi connectivity index (χ3n) is 6.72. The number of anilines is 1. The van der Waals surface area contributed by atoms with E-state index in [-0.39, 0.29) is 11.5 Å². The Morgan fingerprint density at radius 1 is 1.06 bits per heavy atom. The van der Waals surface area contributed by atoms with Crippen LogP contribution >= 0.6 is 0 Å². The molecule has 0 bridgehead atoms. The number of amides is 1. The number of ether oxygens (including phenoxy) is 1. The van der Waals surface area contributed by atoms with Gasteiger partial charge in [0.2, 0.25) is 0 Å². The van der Waals surface area contributed by atoms with Crippen LogP contribution in [0.2, 0.25) is 0 Å². The van der Waals surface area contributed by atoms with E-state index >= 15 is 0 Å². The molecule has 2 aliphatic heterocycles. The molecule has 1 saturated heterocycles. The summed E-state index contributed by atoms with van der Waals surface area (Å²) in [5.41, 5.74) is 4.65. The maximum absolute atomic E-state index is 11.4. The highest BCUT2D eigenvalue weighted by Gasteiger charge is 2.38. The first-order valence-electron chi connectivity index (χ1n) is 11.0. The number of piperidine rings is 1. The molecule has 0 aliphatic carbocycles. The summed E-state index contributed by atoms with van der Waals surface area (Å²) in [4.78, 5) is 22.0. The van der Waals surface area contributed by atoms with Crippen LogP contribution in [0.25, 0.3) is 0 Å². The average Bonchev–Trinajstić information content (AvgIpc) is 3.35. The number of likely N-dealkylation sites (tertiary alicyclic amines) is 1. The van der Waals surface area contributed by atoms with Gasteiger partial charge in [-0.05, 0) is 62.0 Å². The second kappa shape index (κ2) is 8.55. The van der Waals surface area contributed by atoms with Crippen molar-refractivity contribution in [2.24, 2.45) is 0 Å². The van der Waals surface area contributed by atoms with E-state index in [1.807, 2.05) is 18.5 Å². The molecule has 2 aromatic carbocycles. The van der Waals surface area contributed by atoms with Crippen LogP contribution in [0.5, 0.6) is 0 Å². The van der Waals surface area contributed by atoms with Crippen molar-refractivity contribution in [1.82, 2.24) is 14.9 Å². The summed E-state index contributed by atoms with van der Waals surface area (Å²) in [6.45, 7) is 3.34. The highest BCUT2D eigenvalue weighted by molar-refractivity contribution is 5.87. The number of nitrogens with one attached hydrogen (secondary N) is 2. The number of hydrogen-bond donors (Lipinski definition) is 2. The Balaban J connectivity index is 1.25. The van der Waals surface area contributed by atoms with Gasteiger partial charge in [-0.1, -0.05) is 36.4 Å². The van der Waals surface area contributed by atoms with E-state index < -0.39 is 0 Å². The van der Waals surface area contributed by atoms with E-state index in [1.165, 1.54) is 11.1 Å². The third-order valence-corrected chi connectivity index (χ3v) is 6.72. The number of carbonyl (C=O) groups is 1. The van der Waals surface area contributed by atoms with Crippen LogP contribution in [0.1, 0.15) is 41.8 Å². The molecule has 2 N–H and O–H groups in total. The summed E-state index contributed by atoms with van der Waals surface area (Å²) in [5, 5.41) is 2.76. The molecule has 1 fully saturated rings. The molecule has 31 heavy (non-hydrogen) atoms. The molecule has 0 saturated carbocycles. The second-order valence-electron chi connectivity index (χ2n) is 8.67. The van der Waals surface area contributed by atoms with Gasteiger partial charge in [0, 0.05) is 29.9 Å². The van der Waals surface area contributed by atoms with Gasteiger partial charge in [-0.2, -0.15) is 0 Å². The van der Waals surface area contributed by atoms with Crippen molar-refractivity contribution >= 4 is 11.8 Å². The minimum Gasteiger partial charge on any atom is -0.444 e. The standard InChI is InChI=1S/C25H28N4O2/c30-24-28-22-7-6-20(16-21(22)18-31-24)17-29-14-10-25(11-15-29,23-26-12-13-27-23)9-8-19-4-2-1-3-5-19/h1-7,12-13,16H,8-11,14-15,17-18H2,(H,26,27)(H,28,30). The number of benzene rings is 2. The van der Waals surface area contributed by atoms with E-state index in [1.54, 1.807) is 0 Å². The van der Waals surface area contributed by atoms with Gasteiger partial charge in [-0.15, -0.1) is 0 Å². The molecule has 0 spiro atoms. The Kier molecular flexibility index (Phi) is 5.47. The molecule has 6 nitrogen and oxygen atoms in total. The zero-order chi connectivity index (χ0) is 21.1. The predicted octanol–water partition coefficient (Wildman–Crippen LogP) is 4.64. The summed E-state index contributed by atoms with van der Waals surface area (Å²) in [7, 11) is 0. The van der Waals surface area contributed by atoms with Crippen molar-refractivity contribution in [3.63, 3.8) is 0 Å². The highest BCUT2D eigenvalue weighted by atomic mass is 16.5. The van der Waals surface area contributed by atoms with Crippen LogP contribution in [0, 0.1) is 0 Å². The van der Waals surface area contributed by atoms with Crippen molar-refractivity contribution < 1.29 is 9.53 Å². The number of aromatic nitrogens is 2. The minimum absolute atomic E-state index is 0.101. The number of aromatic amines is 1. The van der Waals surface area contributed by atoms with Crippen LogP contribution in [0.15, 0.2) is 60.9 Å². The van der Waals surface area contributed by atoms with Crippen molar-refractivity contribution in [2.45, 2.75) is 44.2 Å². The second-order valence-corrected chi connectivity index (χ2v) is 8.67. The maximum Gasteiger partial charge on any atom is 0.411 e. The molecule has 1 amide bonds. The molecule has 5 rings (SSSR count). The summed E-state index contributed by atoms with van der Waals surface area (Å²) in [6.07, 6.45) is 7.81. The van der Waals surface area contributed by atoms with Crippen LogP contribution in [-0.2, 0) is 29.7 Å². The smallest absolute Gasteiger partial charge is 0.411 e. The van der Waals surface area contributed by atoms with E-state index in [4.69, 9.17) is 4.74 Å². The summed E-state index contributed by atoms with van der Waals surface area (Å²) >= 11 is 0. The fourth-order valence-electron chi connectivity index (χ4n) is 4.86. The number of aryl methyl sites for hydroxylation is 1. The van der Waals surface area contributed by atoms with Gasteiger partial charge in [0.15, 0.2) is 0 Å². The zero-order valence-corrected chi connectivity index (χ0v) is 17.6. The Morgan fingerprint density at radius 3 is 2.68 bits per heavy atom. The molecule has 0 atom stereocenters. The normalized spacial score (nSPS) is 18.1. The molecule has 6 heteroatoms. The highest BCUT2D eigenvalue weighted by Crippen LogP contribution is 2.38. The van der Waals surface area contributed by atoms with Gasteiger partial charge in [-0.3, -0.25) is 10.2 Å². The lowest BCUT2D eigenvalue weighted by molar-refractivity contribution is 0.140. The number of imidazole rings is 1. The van der Waals surface area contributed by atoms with E-state index in [2.05, 4.69) is 62.6 Å². The number of nitrogens with zero attached hydrogens (tertiary/aromatic N) is 2. The van der Waals surface area contributed by atoms with Crippen LogP contribution < -0.4 is 5.32 Å². The molecule has 3 heterocycles. The van der Waals surface area contributed by atoms with Crippen molar-refractivity contribution in [3.05, 3.63) is 83.4 Å². The SMILES string of the molecule is O=C1Nc2ccc(CN3CCC(CCc4ccccc4)(c4ncc[nH]4)CC3)cc2CO1. The predicted molar refractivity (Wildman–Crippen MR) is 120 cm³/mol. The number of carbonyl (C=O) groups excluding carboxylic acids is 1. The van der Waals surface area contributed by atoms with Gasteiger partial charge in [0.1, 0.15) is 12.4 Å². The monoisotopic (exact) mass is 416 g/mol. The van der Waals surface area contributed by atoms with Crippen molar-refractivity contribution in [2.75, 3.05) is 18.4 Å². The Morgan fingerprint density at radius 2 is 1.90 bits per heavy atom. The van der Waals surface area contributed by atoms with Gasteiger partial charge in [0.05, 0.1) is 5.69 Å². The first-order chi connectivity index (χ1) is 15.2. The Hall–Kier alpha value is -3.12. The van der Waals surface area contributed by atoms with Crippen LogP contribution in [0.4, 0.5) is 10.5 Å². The summed E-state index contributed by atoms with van der Waals surface area (Å²) in [6, 6.07) is 17.0.